The van der Waals surface area contributed by atoms with E-state index in [1.807, 2.05) is 25.3 Å². The maximum atomic E-state index is 14.2. The standard InChI is InChI=1S/C41H54N6O5S/c1-9-28(35(42-10-2)25(4)51-8)36-30-22-40(5,6)24-52-39(50)41(7)18-13-19-47(45-41)38(49)31(44-37(48)26-14-12-15-26)21-34-43-32(23-53-34)27-16-17-33(29(30)20-27)46(36)11-3/h9-10,16-17,20,23,25-26,31,45H,1,11-15,18-19,21-22,24H2,2-8H3,(H,44,48)/b35-28+,42-10?/t25-,31-,41+/m0/s1. The number of carbonyl (C=O) groups excluding carboxylic acids is 3. The normalized spacial score (nSPS) is 23.6. The van der Waals surface area contributed by atoms with Gasteiger partial charge >= 0.3 is 5.97 Å². The van der Waals surface area contributed by atoms with Gasteiger partial charge in [-0.25, -0.2) is 15.2 Å². The van der Waals surface area contributed by atoms with Crippen molar-refractivity contribution in [3.8, 4) is 11.3 Å². The molecule has 1 saturated carbocycles. The summed E-state index contributed by atoms with van der Waals surface area (Å²) in [6.45, 7) is 17.5. The van der Waals surface area contributed by atoms with E-state index in [0.717, 1.165) is 69.0 Å². The van der Waals surface area contributed by atoms with Gasteiger partial charge in [0.2, 0.25) is 5.91 Å². The van der Waals surface area contributed by atoms with Gasteiger partial charge in [0.25, 0.3) is 5.91 Å². The van der Waals surface area contributed by atoms with Gasteiger partial charge in [-0.05, 0) is 77.5 Å². The molecule has 284 valence electrons. The molecule has 1 saturated heterocycles. The van der Waals surface area contributed by atoms with Gasteiger partial charge in [-0.3, -0.25) is 19.6 Å². The van der Waals surface area contributed by atoms with Crippen molar-refractivity contribution in [2.75, 3.05) is 20.3 Å². The summed E-state index contributed by atoms with van der Waals surface area (Å²) in [5.41, 5.74) is 8.20. The third-order valence-corrected chi connectivity index (χ3v) is 11.8. The number of methoxy groups -OCH3 is 1. The lowest BCUT2D eigenvalue weighted by Gasteiger charge is -2.41. The highest BCUT2D eigenvalue weighted by Crippen LogP contribution is 2.40. The molecule has 2 N–H and O–H groups in total. The lowest BCUT2D eigenvalue weighted by molar-refractivity contribution is -0.162. The first-order chi connectivity index (χ1) is 25.3. The van der Waals surface area contributed by atoms with E-state index in [4.69, 9.17) is 19.5 Å². The molecule has 6 bridgehead atoms. The summed E-state index contributed by atoms with van der Waals surface area (Å²) in [4.78, 5) is 51.1. The Bertz CT molecular complexity index is 1950. The number of ether oxygens (including phenoxy) is 2. The molecule has 3 aliphatic rings. The molecule has 0 spiro atoms. The van der Waals surface area contributed by atoms with Crippen LogP contribution in [0.2, 0.25) is 0 Å². The second-order valence-corrected chi connectivity index (χ2v) is 16.5. The second kappa shape index (κ2) is 15.7. The van der Waals surface area contributed by atoms with Crippen molar-refractivity contribution in [3.63, 3.8) is 0 Å². The van der Waals surface area contributed by atoms with E-state index >= 15 is 0 Å². The van der Waals surface area contributed by atoms with Crippen molar-refractivity contribution in [3.05, 3.63) is 58.2 Å². The number of aryl methyl sites for hydroxylation is 1. The van der Waals surface area contributed by atoms with Crippen LogP contribution in [-0.4, -0.2) is 76.5 Å². The Hall–Kier alpha value is -4.13. The predicted octanol–water partition coefficient (Wildman–Crippen LogP) is 6.65. The molecule has 11 nitrogen and oxygen atoms in total. The molecule has 12 heteroatoms. The van der Waals surface area contributed by atoms with Gasteiger partial charge in [0.05, 0.1) is 34.8 Å². The van der Waals surface area contributed by atoms with E-state index < -0.39 is 23.0 Å². The highest BCUT2D eigenvalue weighted by Gasteiger charge is 2.43. The first-order valence-corrected chi connectivity index (χ1v) is 19.8. The molecule has 53 heavy (non-hydrogen) atoms. The second-order valence-electron chi connectivity index (χ2n) is 15.5. The molecule has 4 heterocycles. The molecule has 3 atom stereocenters. The number of thiazole rings is 1. The number of rotatable bonds is 8. The number of hydrazine groups is 1. The van der Waals surface area contributed by atoms with Crippen molar-refractivity contribution in [1.29, 1.82) is 0 Å². The first kappa shape index (κ1) is 38.6. The minimum absolute atomic E-state index is 0.0825. The number of nitrogens with one attached hydrogen (secondary N) is 2. The van der Waals surface area contributed by atoms with E-state index in [1.54, 1.807) is 20.2 Å². The number of aromatic nitrogens is 2. The highest BCUT2D eigenvalue weighted by atomic mass is 32.1. The fraction of sp³-hybridized carbons (Fsp3) is 0.537. The smallest absolute Gasteiger partial charge is 0.327 e. The van der Waals surface area contributed by atoms with Gasteiger partial charge in [0, 0.05) is 71.6 Å². The zero-order valence-electron chi connectivity index (χ0n) is 32.2. The number of carbonyl (C=O) groups is 3. The summed E-state index contributed by atoms with van der Waals surface area (Å²) in [5.74, 6) is -0.886. The van der Waals surface area contributed by atoms with Gasteiger partial charge < -0.3 is 19.4 Å². The zero-order chi connectivity index (χ0) is 38.1. The summed E-state index contributed by atoms with van der Waals surface area (Å²) in [7, 11) is 1.68. The van der Waals surface area contributed by atoms with Crippen molar-refractivity contribution < 1.29 is 23.9 Å². The minimum atomic E-state index is -1.12. The largest absolute Gasteiger partial charge is 0.464 e. The highest BCUT2D eigenvalue weighted by molar-refractivity contribution is 7.10. The number of hydrogen-bond donors (Lipinski definition) is 2. The van der Waals surface area contributed by atoms with E-state index in [1.165, 1.54) is 16.3 Å². The summed E-state index contributed by atoms with van der Waals surface area (Å²) < 4.78 is 14.2. The third kappa shape index (κ3) is 7.77. The molecular weight excluding hydrogens is 689 g/mol. The number of nitrogens with zero attached hydrogens (tertiary/aromatic N) is 4. The van der Waals surface area contributed by atoms with Crippen molar-refractivity contribution >= 4 is 51.8 Å². The van der Waals surface area contributed by atoms with Crippen LogP contribution in [0.5, 0.6) is 0 Å². The van der Waals surface area contributed by atoms with Gasteiger partial charge in [-0.1, -0.05) is 39.0 Å². The number of benzene rings is 1. The summed E-state index contributed by atoms with van der Waals surface area (Å²) >= 11 is 1.48. The summed E-state index contributed by atoms with van der Waals surface area (Å²) in [6, 6.07) is 5.59. The van der Waals surface area contributed by atoms with E-state index in [9.17, 15) is 14.4 Å². The molecule has 2 amide bonds. The maximum Gasteiger partial charge on any atom is 0.327 e. The Kier molecular flexibility index (Phi) is 11.4. The molecule has 2 aromatic heterocycles. The average Bonchev–Trinajstić information content (AvgIpc) is 3.70. The van der Waals surface area contributed by atoms with Gasteiger partial charge in [-0.2, -0.15) is 0 Å². The molecule has 2 aliphatic heterocycles. The average molecular weight is 743 g/mol. The van der Waals surface area contributed by atoms with Crippen LogP contribution in [0.1, 0.15) is 89.9 Å². The number of esters is 1. The molecule has 2 fully saturated rings. The van der Waals surface area contributed by atoms with Crippen LogP contribution in [0, 0.1) is 11.3 Å². The summed E-state index contributed by atoms with van der Waals surface area (Å²) in [6.07, 6.45) is 7.96. The number of aliphatic imine (C=N–C) groups is 1. The predicted molar refractivity (Wildman–Crippen MR) is 210 cm³/mol. The van der Waals surface area contributed by atoms with Crippen molar-refractivity contribution in [2.45, 2.75) is 111 Å². The lowest BCUT2D eigenvalue weighted by Crippen LogP contribution is -2.66. The number of allylic oxidation sites excluding steroid dienone is 2. The molecule has 1 aliphatic carbocycles. The molecule has 1 aromatic carbocycles. The summed E-state index contributed by atoms with van der Waals surface area (Å²) in [5, 5.41) is 8.39. The fourth-order valence-corrected chi connectivity index (χ4v) is 8.54. The number of fused-ring (bicyclic) bond motifs is 6. The monoisotopic (exact) mass is 742 g/mol. The van der Waals surface area contributed by atoms with E-state index in [2.05, 4.69) is 60.9 Å². The Balaban J connectivity index is 1.52. The molecule has 6 rings (SSSR count). The zero-order valence-corrected chi connectivity index (χ0v) is 33.0. The number of hydrogen-bond acceptors (Lipinski definition) is 9. The quantitative estimate of drug-likeness (QED) is 0.151. The minimum Gasteiger partial charge on any atom is -0.464 e. The van der Waals surface area contributed by atoms with Gasteiger partial charge in [0.1, 0.15) is 11.6 Å². The molecule has 0 unspecified atom stereocenters. The number of cyclic esters (lactones) is 1. The Labute approximate surface area is 316 Å². The Morgan fingerprint density at radius 3 is 2.70 bits per heavy atom. The van der Waals surface area contributed by atoms with Gasteiger partial charge in [-0.15, -0.1) is 11.3 Å². The molecule has 0 radical (unpaired) electrons. The number of amides is 2. The van der Waals surface area contributed by atoms with Crippen LogP contribution in [0.25, 0.3) is 27.7 Å². The third-order valence-electron chi connectivity index (χ3n) is 10.9. The van der Waals surface area contributed by atoms with Crippen LogP contribution in [-0.2, 0) is 43.2 Å². The van der Waals surface area contributed by atoms with E-state index in [-0.39, 0.29) is 36.9 Å². The lowest BCUT2D eigenvalue weighted by atomic mass is 9.84. The maximum absolute atomic E-state index is 14.2. The van der Waals surface area contributed by atoms with Crippen molar-refractivity contribution in [2.24, 2.45) is 16.3 Å². The van der Waals surface area contributed by atoms with E-state index in [0.29, 0.717) is 32.4 Å². The Morgan fingerprint density at radius 1 is 1.26 bits per heavy atom. The fourth-order valence-electron chi connectivity index (χ4n) is 7.69. The topological polar surface area (TPSA) is 127 Å². The SMILES string of the molecule is C=C/C(=C(\N=CC)[C@H](C)OC)c1c2c3cc(ccc3n1CC)-c1csc(n1)C[C@H](NC(=O)C1CCC1)C(=O)N1CCC[C@@](C)(N1)C(=O)OCC(C)(C)C2. The molecule has 3 aromatic rings. The van der Waals surface area contributed by atoms with Crippen LogP contribution in [0.3, 0.4) is 0 Å². The van der Waals surface area contributed by atoms with Crippen LogP contribution in [0.4, 0.5) is 0 Å². The van der Waals surface area contributed by atoms with Crippen LogP contribution >= 0.6 is 11.3 Å². The van der Waals surface area contributed by atoms with Crippen LogP contribution in [0.15, 0.2) is 46.9 Å². The Morgan fingerprint density at radius 2 is 2.04 bits per heavy atom. The van der Waals surface area contributed by atoms with Crippen molar-refractivity contribution in [1.82, 2.24) is 25.3 Å². The van der Waals surface area contributed by atoms with Gasteiger partial charge in [0.15, 0.2) is 0 Å². The van der Waals surface area contributed by atoms with Crippen LogP contribution < -0.4 is 10.7 Å². The molecular formula is C41H54N6O5S. The first-order valence-electron chi connectivity index (χ1n) is 18.9.